The van der Waals surface area contributed by atoms with Crippen LogP contribution in [0.15, 0.2) is 30.3 Å². The number of amides is 3. The molecule has 1 aromatic rings. The zero-order valence-corrected chi connectivity index (χ0v) is 15.5. The molecule has 1 rings (SSSR count). The second-order valence-electron chi connectivity index (χ2n) is 6.42. The number of nitrogens with two attached hydrogens (primary N) is 2. The minimum Gasteiger partial charge on any atom is -0.480 e. The number of benzene rings is 1. The minimum atomic E-state index is -1.35. The fourth-order valence-electron chi connectivity index (χ4n) is 2.36. The highest BCUT2D eigenvalue weighted by Gasteiger charge is 2.29. The largest absolute Gasteiger partial charge is 0.480 e. The molecule has 0 spiro atoms. The highest BCUT2D eigenvalue weighted by molar-refractivity contribution is 5.92. The number of carbonyl (C=O) groups is 4. The van der Waals surface area contributed by atoms with Gasteiger partial charge in [0.05, 0.1) is 6.10 Å². The average molecular weight is 394 g/mol. The molecule has 1 aromatic carbocycles. The normalized spacial score (nSPS) is 15.0. The van der Waals surface area contributed by atoms with Crippen LogP contribution in [0, 0.1) is 0 Å². The van der Waals surface area contributed by atoms with Crippen LogP contribution in [0.5, 0.6) is 0 Å². The number of hydrogen-bond donors (Lipinski definition) is 6. The molecule has 0 aliphatic carbocycles. The lowest BCUT2D eigenvalue weighted by atomic mass is 10.0. The predicted molar refractivity (Wildman–Crippen MR) is 99.7 cm³/mol. The minimum absolute atomic E-state index is 0.0765. The first-order valence-electron chi connectivity index (χ1n) is 8.71. The van der Waals surface area contributed by atoms with Gasteiger partial charge >= 0.3 is 5.97 Å². The number of hydrogen-bond acceptors (Lipinski definition) is 6. The highest BCUT2D eigenvalue weighted by atomic mass is 16.4. The maximum atomic E-state index is 12.6. The van der Waals surface area contributed by atoms with Crippen molar-refractivity contribution in [2.75, 3.05) is 0 Å². The molecule has 0 saturated carbocycles. The number of aliphatic hydroxyl groups excluding tert-OH is 1. The SMILES string of the molecule is CC(O)C(N)C(=O)NC(Cc1ccccc1)C(=O)NC(CCC(N)=O)C(=O)O. The summed E-state index contributed by atoms with van der Waals surface area (Å²) in [4.78, 5) is 47.0. The quantitative estimate of drug-likeness (QED) is 0.257. The number of primary amides is 1. The zero-order chi connectivity index (χ0) is 21.3. The van der Waals surface area contributed by atoms with E-state index in [1.807, 2.05) is 0 Å². The molecule has 0 radical (unpaired) electrons. The number of aliphatic carboxylic acids is 1. The van der Waals surface area contributed by atoms with Crippen molar-refractivity contribution in [1.82, 2.24) is 10.6 Å². The monoisotopic (exact) mass is 394 g/mol. The van der Waals surface area contributed by atoms with Gasteiger partial charge in [0, 0.05) is 12.8 Å². The van der Waals surface area contributed by atoms with E-state index >= 15 is 0 Å². The summed E-state index contributed by atoms with van der Waals surface area (Å²) in [6.45, 7) is 1.33. The number of carbonyl (C=O) groups excluding carboxylic acids is 3. The molecule has 0 bridgehead atoms. The summed E-state index contributed by atoms with van der Waals surface area (Å²) >= 11 is 0. The number of rotatable bonds is 11. The highest BCUT2D eigenvalue weighted by Crippen LogP contribution is 2.06. The number of aliphatic hydroxyl groups is 1. The van der Waals surface area contributed by atoms with Gasteiger partial charge < -0.3 is 32.3 Å². The van der Waals surface area contributed by atoms with Gasteiger partial charge in [0.1, 0.15) is 18.1 Å². The Labute approximate surface area is 162 Å². The summed E-state index contributed by atoms with van der Waals surface area (Å²) in [6, 6.07) is 5.03. The van der Waals surface area contributed by atoms with Gasteiger partial charge in [0.25, 0.3) is 0 Å². The topological polar surface area (TPSA) is 185 Å². The Bertz CT molecular complexity index is 695. The molecule has 10 heteroatoms. The molecule has 10 nitrogen and oxygen atoms in total. The summed E-state index contributed by atoms with van der Waals surface area (Å²) in [5.41, 5.74) is 11.3. The smallest absolute Gasteiger partial charge is 0.326 e. The maximum absolute atomic E-state index is 12.6. The van der Waals surface area contributed by atoms with Crippen molar-refractivity contribution >= 4 is 23.7 Å². The summed E-state index contributed by atoms with van der Waals surface area (Å²) in [5.74, 6) is -3.54. The number of carboxylic acids is 1. The molecule has 3 amide bonds. The third-order valence-corrected chi connectivity index (χ3v) is 4.03. The van der Waals surface area contributed by atoms with E-state index in [1.54, 1.807) is 30.3 Å². The third kappa shape index (κ3) is 7.72. The third-order valence-electron chi connectivity index (χ3n) is 4.03. The molecule has 8 N–H and O–H groups in total. The van der Waals surface area contributed by atoms with E-state index in [4.69, 9.17) is 11.5 Å². The second-order valence-corrected chi connectivity index (χ2v) is 6.42. The van der Waals surface area contributed by atoms with Crippen LogP contribution in [0.4, 0.5) is 0 Å². The summed E-state index contributed by atoms with van der Waals surface area (Å²) in [6.07, 6.45) is -1.47. The van der Waals surface area contributed by atoms with E-state index < -0.39 is 47.9 Å². The van der Waals surface area contributed by atoms with Gasteiger partial charge in [-0.2, -0.15) is 0 Å². The van der Waals surface area contributed by atoms with Gasteiger partial charge in [-0.15, -0.1) is 0 Å². The fraction of sp³-hybridized carbons (Fsp3) is 0.444. The lowest BCUT2D eigenvalue weighted by molar-refractivity contribution is -0.142. The van der Waals surface area contributed by atoms with E-state index in [-0.39, 0.29) is 19.3 Å². The van der Waals surface area contributed by atoms with Gasteiger partial charge in [0.15, 0.2) is 0 Å². The Kier molecular flexibility index (Phi) is 9.06. The van der Waals surface area contributed by atoms with Crippen molar-refractivity contribution in [1.29, 1.82) is 0 Å². The maximum Gasteiger partial charge on any atom is 0.326 e. The van der Waals surface area contributed by atoms with Crippen LogP contribution in [0.25, 0.3) is 0 Å². The molecule has 0 fully saturated rings. The van der Waals surface area contributed by atoms with Crippen LogP contribution >= 0.6 is 0 Å². The second kappa shape index (κ2) is 11.0. The molecule has 0 heterocycles. The Hall–Kier alpha value is -2.98. The molecule has 28 heavy (non-hydrogen) atoms. The summed E-state index contributed by atoms with van der Waals surface area (Å²) in [7, 11) is 0. The molecule has 0 aliphatic rings. The van der Waals surface area contributed by atoms with Crippen LogP contribution in [0.3, 0.4) is 0 Å². The van der Waals surface area contributed by atoms with Gasteiger partial charge in [-0.3, -0.25) is 14.4 Å². The lowest BCUT2D eigenvalue weighted by Gasteiger charge is -2.23. The van der Waals surface area contributed by atoms with E-state index in [0.29, 0.717) is 0 Å². The molecule has 154 valence electrons. The first kappa shape index (κ1) is 23.1. The van der Waals surface area contributed by atoms with Crippen molar-refractivity contribution < 1.29 is 29.4 Å². The van der Waals surface area contributed by atoms with Gasteiger partial charge in [-0.05, 0) is 18.9 Å². The standard InChI is InChI=1S/C18H26N4O6/c1-10(23)15(20)17(26)22-13(9-11-5-3-2-4-6-11)16(25)21-12(18(27)28)7-8-14(19)24/h2-6,10,12-13,15,23H,7-9,20H2,1H3,(H2,19,24)(H,21,25)(H,22,26)(H,27,28). The molecule has 4 atom stereocenters. The van der Waals surface area contributed by atoms with Crippen LogP contribution in [-0.2, 0) is 25.6 Å². The molecule has 0 saturated heterocycles. The Morgan fingerprint density at radius 3 is 2.11 bits per heavy atom. The molecule has 0 aliphatic heterocycles. The lowest BCUT2D eigenvalue weighted by Crippen LogP contribution is -2.57. The van der Waals surface area contributed by atoms with E-state index in [9.17, 15) is 29.4 Å². The van der Waals surface area contributed by atoms with E-state index in [0.717, 1.165) is 5.56 Å². The van der Waals surface area contributed by atoms with Crippen molar-refractivity contribution in [3.05, 3.63) is 35.9 Å². The predicted octanol–water partition coefficient (Wildman–Crippen LogP) is -1.74. The Balaban J connectivity index is 2.94. The Morgan fingerprint density at radius 2 is 1.61 bits per heavy atom. The van der Waals surface area contributed by atoms with Crippen molar-refractivity contribution in [3.8, 4) is 0 Å². The van der Waals surface area contributed by atoms with Crippen molar-refractivity contribution in [2.24, 2.45) is 11.5 Å². The molecule has 4 unspecified atom stereocenters. The van der Waals surface area contributed by atoms with Crippen molar-refractivity contribution in [3.63, 3.8) is 0 Å². The first-order chi connectivity index (χ1) is 13.1. The van der Waals surface area contributed by atoms with Gasteiger partial charge in [0.2, 0.25) is 17.7 Å². The summed E-state index contributed by atoms with van der Waals surface area (Å²) in [5, 5.41) is 23.4. The number of nitrogens with one attached hydrogen (secondary N) is 2. The summed E-state index contributed by atoms with van der Waals surface area (Å²) < 4.78 is 0. The van der Waals surface area contributed by atoms with Crippen LogP contribution in [0.2, 0.25) is 0 Å². The van der Waals surface area contributed by atoms with Gasteiger partial charge in [-0.25, -0.2) is 4.79 Å². The van der Waals surface area contributed by atoms with Crippen LogP contribution < -0.4 is 22.1 Å². The van der Waals surface area contributed by atoms with Crippen molar-refractivity contribution in [2.45, 2.75) is 50.4 Å². The number of carboxylic acid groups (broad SMARTS) is 1. The van der Waals surface area contributed by atoms with E-state index in [2.05, 4.69) is 10.6 Å². The van der Waals surface area contributed by atoms with Crippen LogP contribution in [0.1, 0.15) is 25.3 Å². The van der Waals surface area contributed by atoms with Crippen LogP contribution in [-0.4, -0.2) is 58.1 Å². The fourth-order valence-corrected chi connectivity index (χ4v) is 2.36. The average Bonchev–Trinajstić information content (AvgIpc) is 2.63. The van der Waals surface area contributed by atoms with Gasteiger partial charge in [-0.1, -0.05) is 30.3 Å². The van der Waals surface area contributed by atoms with E-state index in [1.165, 1.54) is 6.92 Å². The molecular weight excluding hydrogens is 368 g/mol. The zero-order valence-electron chi connectivity index (χ0n) is 15.5. The Morgan fingerprint density at radius 1 is 1.04 bits per heavy atom. The molecular formula is C18H26N4O6. The first-order valence-corrected chi connectivity index (χ1v) is 8.71. The molecule has 0 aromatic heterocycles.